The molecule has 3 rings (SSSR count). The van der Waals surface area contributed by atoms with Crippen molar-refractivity contribution in [1.82, 2.24) is 15.2 Å². The molecule has 0 aliphatic heterocycles. The monoisotopic (exact) mass is 521 g/mol. The summed E-state index contributed by atoms with van der Waals surface area (Å²) in [7, 11) is 0. The second kappa shape index (κ2) is 8.97. The molecule has 1 amide bonds. The summed E-state index contributed by atoms with van der Waals surface area (Å²) >= 11 is 6.62. The maximum Gasteiger partial charge on any atom is 0.320 e. The van der Waals surface area contributed by atoms with Crippen molar-refractivity contribution in [2.24, 2.45) is 5.10 Å². The number of nitrogens with one attached hydrogen (secondary N) is 1. The number of phenols is 1. The zero-order chi connectivity index (χ0) is 21.0. The van der Waals surface area contributed by atoms with Crippen LogP contribution in [0.4, 0.5) is 5.69 Å². The van der Waals surface area contributed by atoms with Crippen LogP contribution in [0.2, 0.25) is 0 Å². The highest BCUT2D eigenvalue weighted by molar-refractivity contribution is 9.10. The van der Waals surface area contributed by atoms with Gasteiger partial charge in [0.25, 0.3) is 5.91 Å². The first-order valence-corrected chi connectivity index (χ1v) is 9.70. The Hall–Kier alpha value is -3.05. The van der Waals surface area contributed by atoms with Gasteiger partial charge in [0.2, 0.25) is 5.69 Å². The Kier molecular flexibility index (Phi) is 6.39. The van der Waals surface area contributed by atoms with Crippen molar-refractivity contribution in [2.75, 3.05) is 0 Å². The molecule has 3 aromatic rings. The van der Waals surface area contributed by atoms with Crippen LogP contribution in [0.1, 0.15) is 21.6 Å². The van der Waals surface area contributed by atoms with E-state index >= 15 is 0 Å². The average Bonchev–Trinajstić information content (AvgIpc) is 3.09. The van der Waals surface area contributed by atoms with Crippen LogP contribution < -0.4 is 5.43 Å². The number of aromatic nitrogens is 2. The molecule has 11 heteroatoms. The molecule has 2 aromatic carbocycles. The number of nitro groups is 1. The van der Waals surface area contributed by atoms with Crippen molar-refractivity contribution in [2.45, 2.75) is 6.54 Å². The van der Waals surface area contributed by atoms with Crippen molar-refractivity contribution in [3.05, 3.63) is 84.5 Å². The number of aromatic hydroxyl groups is 1. The molecule has 0 aliphatic carbocycles. The van der Waals surface area contributed by atoms with E-state index in [4.69, 9.17) is 0 Å². The minimum absolute atomic E-state index is 0.0320. The van der Waals surface area contributed by atoms with Gasteiger partial charge in [-0.1, -0.05) is 44.0 Å². The van der Waals surface area contributed by atoms with Crippen molar-refractivity contribution >= 4 is 49.7 Å². The number of rotatable bonds is 6. The summed E-state index contributed by atoms with van der Waals surface area (Å²) in [6.07, 6.45) is 2.42. The van der Waals surface area contributed by atoms with Gasteiger partial charge in [-0.3, -0.25) is 19.6 Å². The second-order valence-corrected chi connectivity index (χ2v) is 7.68. The molecule has 2 N–H and O–H groups in total. The highest BCUT2D eigenvalue weighted by atomic mass is 79.9. The van der Waals surface area contributed by atoms with Gasteiger partial charge in [-0.05, 0) is 35.9 Å². The lowest BCUT2D eigenvalue weighted by molar-refractivity contribution is -0.385. The summed E-state index contributed by atoms with van der Waals surface area (Å²) in [6.45, 7) is 0.253. The smallest absolute Gasteiger partial charge is 0.320 e. The summed E-state index contributed by atoms with van der Waals surface area (Å²) in [5, 5.41) is 28.8. The molecular formula is C18H13Br2N5O4. The molecule has 0 radical (unpaired) electrons. The SMILES string of the molecule is O=C(N/N=C\c1cc(Br)ccc1O)c1nn(Cc2cccc(Br)c2)cc1[N+](=O)[O-]. The van der Waals surface area contributed by atoms with Crippen LogP contribution in [0.25, 0.3) is 0 Å². The maximum atomic E-state index is 12.3. The topological polar surface area (TPSA) is 123 Å². The van der Waals surface area contributed by atoms with E-state index in [2.05, 4.69) is 47.5 Å². The van der Waals surface area contributed by atoms with E-state index in [-0.39, 0.29) is 18.0 Å². The maximum absolute atomic E-state index is 12.3. The van der Waals surface area contributed by atoms with E-state index in [1.807, 2.05) is 24.3 Å². The van der Waals surface area contributed by atoms with Crippen molar-refractivity contribution in [3.63, 3.8) is 0 Å². The molecule has 1 aromatic heterocycles. The van der Waals surface area contributed by atoms with Crippen molar-refractivity contribution in [3.8, 4) is 5.75 Å². The number of phenolic OH excluding ortho intramolecular Hbond substituents is 1. The minimum Gasteiger partial charge on any atom is -0.507 e. The molecule has 1 heterocycles. The largest absolute Gasteiger partial charge is 0.507 e. The van der Waals surface area contributed by atoms with Crippen LogP contribution in [0.15, 0.2) is 62.7 Å². The molecule has 0 saturated carbocycles. The third kappa shape index (κ3) is 5.27. The molecule has 0 atom stereocenters. The Morgan fingerprint density at radius 3 is 2.76 bits per heavy atom. The highest BCUT2D eigenvalue weighted by Crippen LogP contribution is 2.21. The van der Waals surface area contributed by atoms with Crippen LogP contribution in [0.5, 0.6) is 5.75 Å². The Labute approximate surface area is 181 Å². The second-order valence-electron chi connectivity index (χ2n) is 5.85. The number of nitrogens with zero attached hydrogens (tertiary/aromatic N) is 4. The molecule has 0 unspecified atom stereocenters. The molecule has 0 fully saturated rings. The number of amides is 1. The Morgan fingerprint density at radius 2 is 2.03 bits per heavy atom. The molecule has 148 valence electrons. The van der Waals surface area contributed by atoms with Gasteiger partial charge in [-0.25, -0.2) is 5.43 Å². The third-order valence-corrected chi connectivity index (χ3v) is 4.73. The summed E-state index contributed by atoms with van der Waals surface area (Å²) in [6, 6.07) is 12.1. The Bertz CT molecular complexity index is 1110. The lowest BCUT2D eigenvalue weighted by atomic mass is 10.2. The first kappa shape index (κ1) is 20.7. The minimum atomic E-state index is -0.838. The molecule has 29 heavy (non-hydrogen) atoms. The molecule has 0 spiro atoms. The zero-order valence-electron chi connectivity index (χ0n) is 14.6. The predicted molar refractivity (Wildman–Crippen MR) is 113 cm³/mol. The van der Waals surface area contributed by atoms with Gasteiger partial charge in [0.1, 0.15) is 11.9 Å². The third-order valence-electron chi connectivity index (χ3n) is 3.75. The standard InChI is InChI=1S/C18H13Br2N5O4/c19-13-3-1-2-11(6-13)9-24-10-15(25(28)29)17(23-24)18(27)22-21-8-12-7-14(20)4-5-16(12)26/h1-8,10,26H,9H2,(H,22,27)/b21-8-. The number of carbonyl (C=O) groups excluding carboxylic acids is 1. The van der Waals surface area contributed by atoms with E-state index < -0.39 is 16.5 Å². The number of benzene rings is 2. The Morgan fingerprint density at radius 1 is 1.28 bits per heavy atom. The van der Waals surface area contributed by atoms with Gasteiger partial charge < -0.3 is 5.11 Å². The van der Waals surface area contributed by atoms with Crippen molar-refractivity contribution < 1.29 is 14.8 Å². The summed E-state index contributed by atoms with van der Waals surface area (Å²) < 4.78 is 2.89. The number of carbonyl (C=O) groups is 1. The fraction of sp³-hybridized carbons (Fsp3) is 0.0556. The van der Waals surface area contributed by atoms with Crippen molar-refractivity contribution in [1.29, 1.82) is 0 Å². The Balaban J connectivity index is 1.78. The lowest BCUT2D eigenvalue weighted by Gasteiger charge is -2.02. The summed E-state index contributed by atoms with van der Waals surface area (Å²) in [4.78, 5) is 23.0. The molecule has 0 saturated heterocycles. The number of halogens is 2. The normalized spacial score (nSPS) is 11.0. The first-order valence-electron chi connectivity index (χ1n) is 8.11. The summed E-state index contributed by atoms with van der Waals surface area (Å²) in [5.41, 5.74) is 2.61. The number of hydrogen-bond donors (Lipinski definition) is 2. The fourth-order valence-corrected chi connectivity index (χ4v) is 3.28. The van der Waals surface area contributed by atoms with Gasteiger partial charge >= 0.3 is 5.69 Å². The van der Waals surface area contributed by atoms with Gasteiger partial charge in [0, 0.05) is 14.5 Å². The molecular weight excluding hydrogens is 510 g/mol. The van der Waals surface area contributed by atoms with Crippen LogP contribution in [0.3, 0.4) is 0 Å². The van der Waals surface area contributed by atoms with Gasteiger partial charge in [-0.15, -0.1) is 0 Å². The quantitative estimate of drug-likeness (QED) is 0.289. The van der Waals surface area contributed by atoms with E-state index in [0.717, 1.165) is 10.0 Å². The molecule has 0 aliphatic rings. The zero-order valence-corrected chi connectivity index (χ0v) is 17.8. The predicted octanol–water partition coefficient (Wildman–Crippen LogP) is 3.83. The van der Waals surface area contributed by atoms with Gasteiger partial charge in [-0.2, -0.15) is 10.2 Å². The van der Waals surface area contributed by atoms with E-state index in [1.54, 1.807) is 12.1 Å². The summed E-state index contributed by atoms with van der Waals surface area (Å²) in [5.74, 6) is -0.870. The lowest BCUT2D eigenvalue weighted by Crippen LogP contribution is -2.19. The molecule has 0 bridgehead atoms. The van der Waals surface area contributed by atoms with Crippen LogP contribution in [0, 0.1) is 10.1 Å². The fourth-order valence-electron chi connectivity index (χ4n) is 2.45. The van der Waals surface area contributed by atoms with Crippen LogP contribution >= 0.6 is 31.9 Å². The van der Waals surface area contributed by atoms with Gasteiger partial charge in [0.05, 0.1) is 17.7 Å². The van der Waals surface area contributed by atoms with Gasteiger partial charge in [0.15, 0.2) is 0 Å². The number of hydrazone groups is 1. The average molecular weight is 523 g/mol. The first-order chi connectivity index (χ1) is 13.8. The van der Waals surface area contributed by atoms with E-state index in [0.29, 0.717) is 10.0 Å². The highest BCUT2D eigenvalue weighted by Gasteiger charge is 2.25. The van der Waals surface area contributed by atoms with Crippen LogP contribution in [-0.4, -0.2) is 31.9 Å². The molecule has 9 nitrogen and oxygen atoms in total. The van der Waals surface area contributed by atoms with E-state index in [9.17, 15) is 20.0 Å². The van der Waals surface area contributed by atoms with E-state index in [1.165, 1.54) is 23.2 Å². The number of hydrogen-bond acceptors (Lipinski definition) is 6. The van der Waals surface area contributed by atoms with Crippen LogP contribution in [-0.2, 0) is 6.54 Å².